The number of rotatable bonds is 9. The van der Waals surface area contributed by atoms with Crippen molar-refractivity contribution in [3.05, 3.63) is 70.3 Å². The third-order valence-electron chi connectivity index (χ3n) is 7.38. The van der Waals surface area contributed by atoms with Crippen molar-refractivity contribution >= 4 is 0 Å². The number of aliphatic hydroxyl groups is 6. The van der Waals surface area contributed by atoms with Gasteiger partial charge in [-0.15, -0.1) is 0 Å². The molecule has 0 saturated carbocycles. The summed E-state index contributed by atoms with van der Waals surface area (Å²) in [5.41, 5.74) is 3.64. The third-order valence-corrected chi connectivity index (χ3v) is 7.38. The summed E-state index contributed by atoms with van der Waals surface area (Å²) in [6, 6.07) is 6.90. The van der Waals surface area contributed by atoms with Gasteiger partial charge >= 0.3 is 0 Å². The first-order valence-corrected chi connectivity index (χ1v) is 12.4. The Labute approximate surface area is 211 Å². The molecule has 2 heterocycles. The van der Waals surface area contributed by atoms with E-state index in [1.165, 1.54) is 0 Å². The smallest absolute Gasteiger partial charge is 0.168 e. The molecular weight excluding hydrogens is 464 g/mol. The summed E-state index contributed by atoms with van der Waals surface area (Å²) in [7, 11) is 0. The van der Waals surface area contributed by atoms with Gasteiger partial charge in [0.1, 0.15) is 18.2 Å². The number of allylic oxidation sites excluding steroid dienone is 1. The first-order chi connectivity index (χ1) is 17.2. The van der Waals surface area contributed by atoms with Crippen LogP contribution in [0.4, 0.5) is 0 Å². The Morgan fingerprint density at radius 3 is 2.47 bits per heavy atom. The standard InChI is InChI=1S/C26H38N4O6/c1-15-3-5-17(6-4-15)25(34)30-8-7-20-18(10-30)9-16(2)22(23(20)32)24(33)28-21(26(35)36)12-29-11-19(13-31)27-14-29/h3-6,9,11,18,20-21,24-28,31-36H,7-8,10,12-14H2,1-2H3/t18?,20?,21-,24?,25?/m0/s1. The van der Waals surface area contributed by atoms with Gasteiger partial charge in [0.2, 0.25) is 0 Å². The number of nitrogens with zero attached hydrogens (tertiary/aromatic N) is 2. The molecule has 1 aromatic rings. The van der Waals surface area contributed by atoms with E-state index in [9.17, 15) is 30.6 Å². The maximum absolute atomic E-state index is 11.2. The van der Waals surface area contributed by atoms with Crippen LogP contribution >= 0.6 is 0 Å². The van der Waals surface area contributed by atoms with Gasteiger partial charge in [0.15, 0.2) is 6.29 Å². The lowest BCUT2D eigenvalue weighted by molar-refractivity contribution is -0.0804. The van der Waals surface area contributed by atoms with Crippen LogP contribution in [-0.4, -0.2) is 91.9 Å². The van der Waals surface area contributed by atoms with Gasteiger partial charge in [-0.3, -0.25) is 10.2 Å². The number of piperidine rings is 1. The molecule has 10 nitrogen and oxygen atoms in total. The Bertz CT molecular complexity index is 1010. The van der Waals surface area contributed by atoms with Crippen molar-refractivity contribution < 1.29 is 30.6 Å². The zero-order valence-corrected chi connectivity index (χ0v) is 20.7. The second-order valence-corrected chi connectivity index (χ2v) is 9.99. The highest BCUT2D eigenvalue weighted by Crippen LogP contribution is 2.40. The number of aliphatic hydroxyl groups excluding tert-OH is 5. The molecule has 1 aliphatic carbocycles. The molecular formula is C26H38N4O6. The van der Waals surface area contributed by atoms with Crippen LogP contribution in [0.2, 0.25) is 0 Å². The largest absolute Gasteiger partial charge is 0.512 e. The van der Waals surface area contributed by atoms with E-state index in [1.54, 1.807) is 11.1 Å². The topological polar surface area (TPSA) is 152 Å². The first-order valence-electron chi connectivity index (χ1n) is 12.4. The first kappa shape index (κ1) is 26.6. The number of nitrogens with one attached hydrogen (secondary N) is 2. The van der Waals surface area contributed by atoms with Crippen molar-refractivity contribution in [2.24, 2.45) is 11.8 Å². The summed E-state index contributed by atoms with van der Waals surface area (Å²) in [5.74, 6) is -0.121. The molecule has 0 radical (unpaired) electrons. The minimum Gasteiger partial charge on any atom is -0.512 e. The number of likely N-dealkylation sites (tertiary alicyclic amines) is 1. The molecule has 0 aromatic heterocycles. The average Bonchev–Trinajstić information content (AvgIpc) is 3.31. The monoisotopic (exact) mass is 502 g/mol. The fourth-order valence-corrected chi connectivity index (χ4v) is 5.36. The van der Waals surface area contributed by atoms with E-state index < -0.39 is 24.8 Å². The van der Waals surface area contributed by atoms with Crippen molar-refractivity contribution in [1.82, 2.24) is 20.4 Å². The summed E-state index contributed by atoms with van der Waals surface area (Å²) in [6.45, 7) is 5.39. The lowest BCUT2D eigenvalue weighted by Crippen LogP contribution is -2.52. The molecule has 10 heteroatoms. The highest BCUT2D eigenvalue weighted by molar-refractivity contribution is 5.40. The lowest BCUT2D eigenvalue weighted by Gasteiger charge is -2.42. The zero-order chi connectivity index (χ0) is 26.0. The van der Waals surface area contributed by atoms with Crippen LogP contribution in [0, 0.1) is 18.8 Å². The maximum Gasteiger partial charge on any atom is 0.168 e. The van der Waals surface area contributed by atoms with E-state index in [0.717, 1.165) is 11.1 Å². The number of fused-ring (bicyclic) bond motifs is 1. The van der Waals surface area contributed by atoms with Crippen molar-refractivity contribution in [3.63, 3.8) is 0 Å². The van der Waals surface area contributed by atoms with Gasteiger partial charge in [0.05, 0.1) is 25.0 Å². The van der Waals surface area contributed by atoms with Crippen LogP contribution in [0.25, 0.3) is 0 Å². The summed E-state index contributed by atoms with van der Waals surface area (Å²) in [6.07, 6.45) is 0.536. The summed E-state index contributed by atoms with van der Waals surface area (Å²) in [5, 5.41) is 67.9. The molecule has 4 rings (SSSR count). The average molecular weight is 503 g/mol. The minimum atomic E-state index is -1.75. The van der Waals surface area contributed by atoms with E-state index in [4.69, 9.17) is 0 Å². The van der Waals surface area contributed by atoms with Gasteiger partial charge in [0.25, 0.3) is 0 Å². The van der Waals surface area contributed by atoms with E-state index in [0.29, 0.717) is 43.0 Å². The fraction of sp³-hybridized carbons (Fsp3) is 0.538. The molecule has 0 bridgehead atoms. The van der Waals surface area contributed by atoms with Crippen LogP contribution in [0.3, 0.4) is 0 Å². The zero-order valence-electron chi connectivity index (χ0n) is 20.7. The normalized spacial score (nSPS) is 25.3. The van der Waals surface area contributed by atoms with Crippen molar-refractivity contribution in [1.29, 1.82) is 0 Å². The Balaban J connectivity index is 1.43. The van der Waals surface area contributed by atoms with Crippen LogP contribution in [-0.2, 0) is 0 Å². The lowest BCUT2D eigenvalue weighted by atomic mass is 9.76. The second-order valence-electron chi connectivity index (χ2n) is 9.99. The molecule has 4 unspecified atom stereocenters. The van der Waals surface area contributed by atoms with E-state index >= 15 is 0 Å². The Morgan fingerprint density at radius 2 is 1.83 bits per heavy atom. The van der Waals surface area contributed by atoms with Gasteiger partial charge < -0.3 is 40.9 Å². The number of hydrogen-bond donors (Lipinski definition) is 8. The predicted octanol–water partition coefficient (Wildman–Crippen LogP) is -0.0203. The molecule has 2 aliphatic heterocycles. The number of aryl methyl sites for hydroxylation is 1. The molecule has 3 aliphatic rings. The Hall–Kier alpha value is -2.44. The third kappa shape index (κ3) is 5.76. The quantitative estimate of drug-likeness (QED) is 0.216. The summed E-state index contributed by atoms with van der Waals surface area (Å²) >= 11 is 0. The summed E-state index contributed by atoms with van der Waals surface area (Å²) < 4.78 is 0. The van der Waals surface area contributed by atoms with E-state index in [1.807, 2.05) is 49.1 Å². The van der Waals surface area contributed by atoms with Gasteiger partial charge in [-0.25, -0.2) is 0 Å². The van der Waals surface area contributed by atoms with Crippen LogP contribution in [0.5, 0.6) is 0 Å². The molecule has 1 fully saturated rings. The second kappa shape index (κ2) is 11.3. The molecule has 1 saturated heterocycles. The molecule has 36 heavy (non-hydrogen) atoms. The number of benzene rings is 1. The van der Waals surface area contributed by atoms with Gasteiger partial charge in [0, 0.05) is 43.2 Å². The fourth-order valence-electron chi connectivity index (χ4n) is 5.36. The molecule has 0 spiro atoms. The maximum atomic E-state index is 11.2. The molecule has 198 valence electrons. The van der Waals surface area contributed by atoms with Gasteiger partial charge in [-0.2, -0.15) is 0 Å². The Morgan fingerprint density at radius 1 is 1.11 bits per heavy atom. The van der Waals surface area contributed by atoms with Crippen LogP contribution in [0.1, 0.15) is 30.7 Å². The van der Waals surface area contributed by atoms with Crippen LogP contribution < -0.4 is 10.6 Å². The molecule has 0 amide bonds. The number of hydrogen-bond acceptors (Lipinski definition) is 10. The Kier molecular flexibility index (Phi) is 8.36. The van der Waals surface area contributed by atoms with Gasteiger partial charge in [-0.05, 0) is 31.4 Å². The molecule has 8 N–H and O–H groups in total. The summed E-state index contributed by atoms with van der Waals surface area (Å²) in [4.78, 5) is 3.76. The van der Waals surface area contributed by atoms with Gasteiger partial charge in [-0.1, -0.05) is 35.9 Å². The van der Waals surface area contributed by atoms with Crippen molar-refractivity contribution in [3.8, 4) is 0 Å². The van der Waals surface area contributed by atoms with Crippen LogP contribution in [0.15, 0.2) is 59.1 Å². The highest BCUT2D eigenvalue weighted by Gasteiger charge is 2.39. The predicted molar refractivity (Wildman–Crippen MR) is 134 cm³/mol. The van der Waals surface area contributed by atoms with Crippen molar-refractivity contribution in [2.45, 2.75) is 45.1 Å². The molecule has 5 atom stereocenters. The van der Waals surface area contributed by atoms with E-state index in [-0.39, 0.29) is 30.7 Å². The molecule has 1 aromatic carbocycles. The SMILES string of the molecule is CC1=CC2CN(C(O)c3ccc(C)cc3)CCC2C(O)=C1C(O)N[C@@H](CN1C=C(CO)NC1)C(O)O. The minimum absolute atomic E-state index is 0.0215. The highest BCUT2D eigenvalue weighted by atomic mass is 16.5. The van der Waals surface area contributed by atoms with Crippen molar-refractivity contribution in [2.75, 3.05) is 32.9 Å². The van der Waals surface area contributed by atoms with E-state index in [2.05, 4.69) is 10.6 Å².